The molecule has 0 saturated heterocycles. The van der Waals surface area contributed by atoms with E-state index in [0.29, 0.717) is 22.6 Å². The summed E-state index contributed by atoms with van der Waals surface area (Å²) >= 11 is 0. The van der Waals surface area contributed by atoms with Crippen LogP contribution in [-0.4, -0.2) is 33.8 Å². The Morgan fingerprint density at radius 1 is 0.879 bits per heavy atom. The first-order valence-electron chi connectivity index (χ1n) is 10.5. The minimum atomic E-state index is -1.34. The third kappa shape index (κ3) is 2.75. The molecule has 2 N–H and O–H groups in total. The average Bonchev–Trinajstić information content (AvgIpc) is 3.09. The molecule has 2 aliphatic heterocycles. The van der Waals surface area contributed by atoms with Gasteiger partial charge in [-0.2, -0.15) is 0 Å². The van der Waals surface area contributed by atoms with Crippen molar-refractivity contribution in [3.63, 3.8) is 0 Å². The predicted molar refractivity (Wildman–Crippen MR) is 125 cm³/mol. The van der Waals surface area contributed by atoms with E-state index in [1.54, 1.807) is 25.6 Å². The van der Waals surface area contributed by atoms with Gasteiger partial charge in [0.15, 0.2) is 5.96 Å². The molecule has 2 aromatic carbocycles. The Morgan fingerprint density at radius 3 is 2.27 bits per heavy atom. The summed E-state index contributed by atoms with van der Waals surface area (Å²) in [4.78, 5) is 28.6. The van der Waals surface area contributed by atoms with Crippen LogP contribution in [0.5, 0.6) is 11.5 Å². The number of ether oxygens (including phenoxy) is 1. The summed E-state index contributed by atoms with van der Waals surface area (Å²) in [6.45, 7) is 0. The van der Waals surface area contributed by atoms with Gasteiger partial charge >= 0.3 is 0 Å². The molecule has 2 aliphatic rings. The standard InChI is InChI=1S/C26H19N5O2/c1-31-24(32)26(30-25(31)27)19-13-16(18-5-4-11-28-15-18)7-9-22(19)33-23-10-8-17(14-20(23)26)21-6-2-3-12-29-21/h2-15H,1H3,(H2,27,30). The van der Waals surface area contributed by atoms with Crippen molar-refractivity contribution in [1.29, 1.82) is 0 Å². The van der Waals surface area contributed by atoms with Gasteiger partial charge in [0.25, 0.3) is 5.91 Å². The third-order valence-electron chi connectivity index (χ3n) is 6.15. The number of amides is 1. The number of carbonyl (C=O) groups is 1. The quantitative estimate of drug-likeness (QED) is 0.517. The molecule has 1 amide bonds. The molecule has 0 radical (unpaired) electrons. The smallest absolute Gasteiger partial charge is 0.266 e. The number of benzene rings is 2. The summed E-state index contributed by atoms with van der Waals surface area (Å²) in [6, 6.07) is 21.0. The molecule has 0 fully saturated rings. The predicted octanol–water partition coefficient (Wildman–Crippen LogP) is 3.95. The number of hydrogen-bond donors (Lipinski definition) is 1. The lowest BCUT2D eigenvalue weighted by Gasteiger charge is -2.34. The maximum atomic E-state index is 13.8. The second-order valence-electron chi connectivity index (χ2n) is 8.03. The number of rotatable bonds is 2. The molecular formula is C26H19N5O2. The fourth-order valence-electron chi connectivity index (χ4n) is 4.47. The van der Waals surface area contributed by atoms with Crippen molar-refractivity contribution in [2.45, 2.75) is 5.54 Å². The topological polar surface area (TPSA) is 93.7 Å². The van der Waals surface area contributed by atoms with E-state index in [2.05, 4.69) is 9.97 Å². The molecule has 1 unspecified atom stereocenters. The maximum Gasteiger partial charge on any atom is 0.266 e. The summed E-state index contributed by atoms with van der Waals surface area (Å²) < 4.78 is 6.25. The number of nitrogens with zero attached hydrogens (tertiary/aromatic N) is 4. The minimum absolute atomic E-state index is 0.161. The van der Waals surface area contributed by atoms with Gasteiger partial charge in [-0.05, 0) is 54.1 Å². The lowest BCUT2D eigenvalue weighted by Crippen LogP contribution is -2.42. The highest BCUT2D eigenvalue weighted by molar-refractivity contribution is 6.10. The molecule has 1 atom stereocenters. The summed E-state index contributed by atoms with van der Waals surface area (Å²) in [5, 5.41) is 0. The van der Waals surface area contributed by atoms with E-state index in [9.17, 15) is 4.79 Å². The third-order valence-corrected chi connectivity index (χ3v) is 6.15. The molecule has 0 bridgehead atoms. The molecule has 4 aromatic rings. The number of fused-ring (bicyclic) bond motifs is 4. The Labute approximate surface area is 190 Å². The van der Waals surface area contributed by atoms with Crippen LogP contribution in [0.15, 0.2) is 90.3 Å². The van der Waals surface area contributed by atoms with Crippen LogP contribution in [0.25, 0.3) is 22.4 Å². The van der Waals surface area contributed by atoms with Gasteiger partial charge in [-0.25, -0.2) is 4.99 Å². The van der Waals surface area contributed by atoms with Crippen LogP contribution >= 0.6 is 0 Å². The van der Waals surface area contributed by atoms with E-state index in [1.165, 1.54) is 4.90 Å². The number of hydrogen-bond acceptors (Lipinski definition) is 6. The van der Waals surface area contributed by atoms with E-state index in [4.69, 9.17) is 15.5 Å². The van der Waals surface area contributed by atoms with Crippen molar-refractivity contribution in [3.05, 3.63) is 96.4 Å². The number of aromatic nitrogens is 2. The Hall–Kier alpha value is -4.52. The Bertz CT molecular complexity index is 1350. The molecule has 33 heavy (non-hydrogen) atoms. The zero-order valence-electron chi connectivity index (χ0n) is 17.8. The van der Waals surface area contributed by atoms with Gasteiger partial charge in [0, 0.05) is 47.9 Å². The van der Waals surface area contributed by atoms with Crippen LogP contribution in [0.3, 0.4) is 0 Å². The van der Waals surface area contributed by atoms with Crippen LogP contribution < -0.4 is 10.5 Å². The highest BCUT2D eigenvalue weighted by atomic mass is 16.5. The SMILES string of the molecule is CN1C(=O)C2(N=C1N)c1cc(-c3cccnc3)ccc1Oc1ccc(-c3ccccn3)cc12. The van der Waals surface area contributed by atoms with Gasteiger partial charge in [-0.15, -0.1) is 0 Å². The normalized spacial score (nSPS) is 18.5. The molecular weight excluding hydrogens is 414 g/mol. The molecule has 2 aromatic heterocycles. The first-order valence-corrected chi connectivity index (χ1v) is 10.5. The van der Waals surface area contributed by atoms with Crippen LogP contribution in [0.4, 0.5) is 0 Å². The lowest BCUT2D eigenvalue weighted by atomic mass is 9.78. The monoisotopic (exact) mass is 433 g/mol. The number of guanidine groups is 1. The van der Waals surface area contributed by atoms with E-state index < -0.39 is 5.54 Å². The van der Waals surface area contributed by atoms with E-state index in [1.807, 2.05) is 66.7 Å². The summed E-state index contributed by atoms with van der Waals surface area (Å²) in [5.74, 6) is 1.07. The molecule has 0 saturated carbocycles. The molecule has 6 rings (SSSR count). The molecule has 0 aliphatic carbocycles. The van der Waals surface area contributed by atoms with Gasteiger partial charge < -0.3 is 10.5 Å². The van der Waals surface area contributed by atoms with Crippen molar-refractivity contribution >= 4 is 11.9 Å². The fourth-order valence-corrected chi connectivity index (χ4v) is 4.47. The van der Waals surface area contributed by atoms with Crippen molar-refractivity contribution in [3.8, 4) is 33.9 Å². The van der Waals surface area contributed by atoms with E-state index in [-0.39, 0.29) is 11.9 Å². The molecule has 160 valence electrons. The Kier molecular flexibility index (Phi) is 4.07. The van der Waals surface area contributed by atoms with Gasteiger partial charge in [0.2, 0.25) is 5.54 Å². The summed E-state index contributed by atoms with van der Waals surface area (Å²) in [5.41, 5.74) is 9.61. The summed E-state index contributed by atoms with van der Waals surface area (Å²) in [6.07, 6.45) is 5.24. The Morgan fingerprint density at radius 2 is 1.64 bits per heavy atom. The maximum absolute atomic E-state index is 13.8. The number of pyridine rings is 2. The first-order chi connectivity index (χ1) is 16.1. The molecule has 4 heterocycles. The van der Waals surface area contributed by atoms with Gasteiger partial charge in [-0.3, -0.25) is 19.7 Å². The molecule has 7 nitrogen and oxygen atoms in total. The van der Waals surface area contributed by atoms with Gasteiger partial charge in [0.05, 0.1) is 5.69 Å². The van der Waals surface area contributed by atoms with Gasteiger partial charge in [0.1, 0.15) is 11.5 Å². The second kappa shape index (κ2) is 7.00. The van der Waals surface area contributed by atoms with E-state index in [0.717, 1.165) is 22.4 Å². The van der Waals surface area contributed by atoms with Crippen LogP contribution in [0.1, 0.15) is 11.1 Å². The number of carbonyl (C=O) groups excluding carboxylic acids is 1. The largest absolute Gasteiger partial charge is 0.457 e. The van der Waals surface area contributed by atoms with E-state index >= 15 is 0 Å². The highest BCUT2D eigenvalue weighted by Crippen LogP contribution is 2.53. The number of likely N-dealkylation sites (N-methyl/N-ethyl adjacent to an activating group) is 1. The number of aliphatic imine (C=N–C) groups is 1. The van der Waals surface area contributed by atoms with Gasteiger partial charge in [-0.1, -0.05) is 18.2 Å². The average molecular weight is 433 g/mol. The zero-order chi connectivity index (χ0) is 22.6. The lowest BCUT2D eigenvalue weighted by molar-refractivity contribution is -0.129. The van der Waals surface area contributed by atoms with Crippen molar-refractivity contribution < 1.29 is 9.53 Å². The highest BCUT2D eigenvalue weighted by Gasteiger charge is 2.54. The van der Waals surface area contributed by atoms with Crippen LogP contribution in [0.2, 0.25) is 0 Å². The Balaban J connectivity index is 1.62. The van der Waals surface area contributed by atoms with Crippen LogP contribution in [-0.2, 0) is 10.3 Å². The summed E-state index contributed by atoms with van der Waals surface area (Å²) in [7, 11) is 1.64. The van der Waals surface area contributed by atoms with Crippen LogP contribution in [0, 0.1) is 0 Å². The van der Waals surface area contributed by atoms with Crippen molar-refractivity contribution in [1.82, 2.24) is 14.9 Å². The zero-order valence-corrected chi connectivity index (χ0v) is 17.8. The fraction of sp³-hybridized carbons (Fsp3) is 0.0769. The number of nitrogens with two attached hydrogens (primary N) is 1. The molecule has 1 spiro atoms. The first kappa shape index (κ1) is 19.2. The van der Waals surface area contributed by atoms with Crippen molar-refractivity contribution in [2.24, 2.45) is 10.7 Å². The second-order valence-corrected chi connectivity index (χ2v) is 8.03. The molecule has 7 heteroatoms. The minimum Gasteiger partial charge on any atom is -0.457 e. The van der Waals surface area contributed by atoms with Crippen molar-refractivity contribution in [2.75, 3.05) is 7.05 Å².